The van der Waals surface area contributed by atoms with Gasteiger partial charge in [-0.1, -0.05) is 24.4 Å². The monoisotopic (exact) mass is 429 g/mol. The van der Waals surface area contributed by atoms with Crippen LogP contribution in [-0.2, 0) is 14.8 Å². The maximum atomic E-state index is 13.0. The second kappa shape index (κ2) is 10.0. The number of halogens is 1. The summed E-state index contributed by atoms with van der Waals surface area (Å²) in [5, 5.41) is 3.09. The van der Waals surface area contributed by atoms with Crippen LogP contribution in [0, 0.1) is 0 Å². The van der Waals surface area contributed by atoms with Crippen LogP contribution in [0.5, 0.6) is 0 Å². The molecule has 1 aromatic rings. The fourth-order valence-corrected chi connectivity index (χ4v) is 5.26. The highest BCUT2D eigenvalue weighted by molar-refractivity contribution is 7.89. The predicted molar refractivity (Wildman–Crippen MR) is 108 cm³/mol. The molecule has 0 unspecified atom stereocenters. The number of amides is 1. The Kier molecular flexibility index (Phi) is 7.70. The van der Waals surface area contributed by atoms with Crippen molar-refractivity contribution in [3.63, 3.8) is 0 Å². The number of carbonyl (C=O) groups is 1. The Morgan fingerprint density at radius 1 is 1.07 bits per heavy atom. The maximum Gasteiger partial charge on any atom is 0.252 e. The number of nitrogens with zero attached hydrogens (tertiary/aromatic N) is 2. The van der Waals surface area contributed by atoms with Crippen LogP contribution in [0.1, 0.15) is 36.0 Å². The molecule has 1 amide bonds. The second-order valence-electron chi connectivity index (χ2n) is 7.17. The van der Waals surface area contributed by atoms with E-state index < -0.39 is 10.0 Å². The first-order valence-corrected chi connectivity index (χ1v) is 11.7. The molecule has 2 fully saturated rings. The summed E-state index contributed by atoms with van der Waals surface area (Å²) in [5.41, 5.74) is 0.194. The SMILES string of the molecule is O=C(NCCN1CCOCC1)c1cc(S(=O)(=O)N2CCCCCC2)ccc1Cl. The highest BCUT2D eigenvalue weighted by atomic mass is 35.5. The Balaban J connectivity index is 1.67. The van der Waals surface area contributed by atoms with Crippen molar-refractivity contribution in [3.05, 3.63) is 28.8 Å². The molecule has 0 saturated carbocycles. The molecule has 0 aliphatic carbocycles. The molecule has 2 aliphatic heterocycles. The van der Waals surface area contributed by atoms with Gasteiger partial charge in [-0.3, -0.25) is 9.69 Å². The molecule has 156 valence electrons. The molecule has 2 aliphatic rings. The van der Waals surface area contributed by atoms with Gasteiger partial charge in [-0.25, -0.2) is 8.42 Å². The van der Waals surface area contributed by atoms with Gasteiger partial charge < -0.3 is 10.1 Å². The van der Waals surface area contributed by atoms with Crippen molar-refractivity contribution in [1.82, 2.24) is 14.5 Å². The molecule has 0 atom stereocenters. The largest absolute Gasteiger partial charge is 0.379 e. The number of hydrogen-bond acceptors (Lipinski definition) is 5. The van der Waals surface area contributed by atoms with Gasteiger partial charge in [0.25, 0.3) is 5.91 Å². The minimum absolute atomic E-state index is 0.122. The number of hydrogen-bond donors (Lipinski definition) is 1. The van der Waals surface area contributed by atoms with Gasteiger partial charge in [0, 0.05) is 39.3 Å². The second-order valence-corrected chi connectivity index (χ2v) is 9.52. The number of morpholine rings is 1. The first-order chi connectivity index (χ1) is 13.5. The van der Waals surface area contributed by atoms with E-state index in [9.17, 15) is 13.2 Å². The van der Waals surface area contributed by atoms with Crippen LogP contribution < -0.4 is 5.32 Å². The summed E-state index contributed by atoms with van der Waals surface area (Å²) in [4.78, 5) is 14.9. The Morgan fingerprint density at radius 2 is 1.75 bits per heavy atom. The number of sulfonamides is 1. The standard InChI is InChI=1S/C19H28ClN3O4S/c20-18-6-5-16(28(25,26)23-8-3-1-2-4-9-23)15-17(18)19(24)21-7-10-22-11-13-27-14-12-22/h5-6,15H,1-4,7-14H2,(H,21,24). The summed E-state index contributed by atoms with van der Waals surface area (Å²) in [5.74, 6) is -0.355. The average Bonchev–Trinajstić information content (AvgIpc) is 2.99. The molecule has 2 heterocycles. The van der Waals surface area contributed by atoms with Crippen LogP contribution in [0.4, 0.5) is 0 Å². The molecule has 28 heavy (non-hydrogen) atoms. The quantitative estimate of drug-likeness (QED) is 0.747. The topological polar surface area (TPSA) is 79.0 Å². The molecular weight excluding hydrogens is 402 g/mol. The van der Waals surface area contributed by atoms with Gasteiger partial charge in [0.05, 0.1) is 28.7 Å². The molecule has 0 bridgehead atoms. The number of benzene rings is 1. The van der Waals surface area contributed by atoms with Crippen LogP contribution in [-0.4, -0.2) is 76.0 Å². The lowest BCUT2D eigenvalue weighted by Crippen LogP contribution is -2.41. The summed E-state index contributed by atoms with van der Waals surface area (Å²) < 4.78 is 32.8. The van der Waals surface area contributed by atoms with E-state index in [0.29, 0.717) is 32.8 Å². The van der Waals surface area contributed by atoms with Crippen LogP contribution >= 0.6 is 11.6 Å². The van der Waals surface area contributed by atoms with Gasteiger partial charge >= 0.3 is 0 Å². The Hall–Kier alpha value is -1.19. The molecule has 0 spiro atoms. The van der Waals surface area contributed by atoms with Gasteiger partial charge in [-0.15, -0.1) is 0 Å². The number of carbonyl (C=O) groups excluding carboxylic acids is 1. The number of ether oxygens (including phenoxy) is 1. The van der Waals surface area contributed by atoms with Crippen molar-refractivity contribution < 1.29 is 17.9 Å². The predicted octanol–water partition coefficient (Wildman–Crippen LogP) is 1.97. The first-order valence-electron chi connectivity index (χ1n) is 9.86. The zero-order chi connectivity index (χ0) is 20.0. The molecule has 7 nitrogen and oxygen atoms in total. The van der Waals surface area contributed by atoms with Crippen molar-refractivity contribution in [2.45, 2.75) is 30.6 Å². The van der Waals surface area contributed by atoms with Crippen molar-refractivity contribution >= 4 is 27.5 Å². The van der Waals surface area contributed by atoms with Gasteiger partial charge in [0.2, 0.25) is 10.0 Å². The summed E-state index contributed by atoms with van der Waals surface area (Å²) in [7, 11) is -3.62. The van der Waals surface area contributed by atoms with E-state index in [0.717, 1.165) is 45.3 Å². The molecule has 9 heteroatoms. The van der Waals surface area contributed by atoms with Crippen molar-refractivity contribution in [1.29, 1.82) is 0 Å². The third-order valence-corrected chi connectivity index (χ3v) is 7.43. The van der Waals surface area contributed by atoms with Gasteiger partial charge in [-0.2, -0.15) is 4.31 Å². The third kappa shape index (κ3) is 5.45. The third-order valence-electron chi connectivity index (χ3n) is 5.20. The Morgan fingerprint density at radius 3 is 2.43 bits per heavy atom. The summed E-state index contributed by atoms with van der Waals surface area (Å²) >= 11 is 6.18. The molecular formula is C19H28ClN3O4S. The lowest BCUT2D eigenvalue weighted by atomic mass is 10.2. The van der Waals surface area contributed by atoms with Gasteiger partial charge in [0.1, 0.15) is 0 Å². The molecule has 2 saturated heterocycles. The molecule has 0 aromatic heterocycles. The van der Waals surface area contributed by atoms with Gasteiger partial charge in [0.15, 0.2) is 0 Å². The van der Waals surface area contributed by atoms with E-state index in [1.54, 1.807) is 0 Å². The van der Waals surface area contributed by atoms with Crippen LogP contribution in [0.2, 0.25) is 5.02 Å². The fourth-order valence-electron chi connectivity index (χ4n) is 3.52. The number of rotatable bonds is 6. The average molecular weight is 430 g/mol. The minimum Gasteiger partial charge on any atom is -0.379 e. The van der Waals surface area contributed by atoms with Crippen LogP contribution in [0.15, 0.2) is 23.1 Å². The Bertz CT molecular complexity index is 773. The van der Waals surface area contributed by atoms with Crippen LogP contribution in [0.3, 0.4) is 0 Å². The number of nitrogens with one attached hydrogen (secondary N) is 1. The lowest BCUT2D eigenvalue weighted by Gasteiger charge is -2.26. The van der Waals surface area contributed by atoms with Gasteiger partial charge in [-0.05, 0) is 31.0 Å². The van der Waals surface area contributed by atoms with Crippen LogP contribution in [0.25, 0.3) is 0 Å². The van der Waals surface area contributed by atoms with Crippen molar-refractivity contribution in [2.75, 3.05) is 52.5 Å². The van der Waals surface area contributed by atoms with E-state index >= 15 is 0 Å². The lowest BCUT2D eigenvalue weighted by molar-refractivity contribution is 0.0383. The fraction of sp³-hybridized carbons (Fsp3) is 0.632. The maximum absolute atomic E-state index is 13.0. The van der Waals surface area contributed by atoms with Crippen molar-refractivity contribution in [3.8, 4) is 0 Å². The normalized spacial score (nSPS) is 19.9. The van der Waals surface area contributed by atoms with E-state index in [-0.39, 0.29) is 21.4 Å². The molecule has 3 rings (SSSR count). The van der Waals surface area contributed by atoms with E-state index in [2.05, 4.69) is 10.2 Å². The summed E-state index contributed by atoms with van der Waals surface area (Å²) in [6.45, 7) is 5.33. The molecule has 1 aromatic carbocycles. The Labute approximate surface area is 172 Å². The highest BCUT2D eigenvalue weighted by Crippen LogP contribution is 2.25. The zero-order valence-corrected chi connectivity index (χ0v) is 17.6. The van der Waals surface area contributed by atoms with E-state index in [1.807, 2.05) is 0 Å². The smallest absolute Gasteiger partial charge is 0.252 e. The molecule has 0 radical (unpaired) electrons. The molecule has 1 N–H and O–H groups in total. The minimum atomic E-state index is -3.62. The van der Waals surface area contributed by atoms with E-state index in [4.69, 9.17) is 16.3 Å². The van der Waals surface area contributed by atoms with E-state index in [1.165, 1.54) is 22.5 Å². The summed E-state index contributed by atoms with van der Waals surface area (Å²) in [6.07, 6.45) is 3.82. The highest BCUT2D eigenvalue weighted by Gasteiger charge is 2.26. The zero-order valence-electron chi connectivity index (χ0n) is 16.0. The van der Waals surface area contributed by atoms with Crippen molar-refractivity contribution in [2.24, 2.45) is 0 Å². The summed E-state index contributed by atoms with van der Waals surface area (Å²) in [6, 6.07) is 4.36. The first kappa shape index (κ1) is 21.5.